The third-order valence-corrected chi connectivity index (χ3v) is 9.68. The van der Waals surface area contributed by atoms with Gasteiger partial charge < -0.3 is 41.9 Å². The molecule has 1 saturated heterocycles. The number of hydrogen-bond donors (Lipinski definition) is 8. The van der Waals surface area contributed by atoms with Crippen molar-refractivity contribution in [2.75, 3.05) is 19.4 Å². The number of fused-ring (bicyclic) bond motifs is 3. The van der Waals surface area contributed by atoms with E-state index in [1.54, 1.807) is 19.1 Å². The third-order valence-electron chi connectivity index (χ3n) is 9.68. The Bertz CT molecular complexity index is 1480. The molecule has 0 radical (unpaired) electrons. The standard InChI is InChI=1S/C31H42N4O8/c1-12-14-8-9-15(33-13-10-29(2,3)34-30(4,5)11-13)22(36)17(14)23(37)18-16(12)24(38)20-21(35(6)7)25(39)19(28(32)42)27(41)31(20,43)26(18)40/h8-9,12-13,16,20-21,24,33-34,36,38-40,43H,10-11H2,1-7H3,(H2,32,42)/t12-,16+,20-,21+,24+,31+/m1/s1. The van der Waals surface area contributed by atoms with Crippen LogP contribution in [0, 0.1) is 11.8 Å². The number of anilines is 1. The smallest absolute Gasteiger partial charge is 0.255 e. The Morgan fingerprint density at radius 3 is 2.19 bits per heavy atom. The van der Waals surface area contributed by atoms with Gasteiger partial charge in [0.2, 0.25) is 5.78 Å². The van der Waals surface area contributed by atoms with Crippen LogP contribution < -0.4 is 16.4 Å². The van der Waals surface area contributed by atoms with Gasteiger partial charge in [0, 0.05) is 28.6 Å². The number of primary amides is 1. The Labute approximate surface area is 250 Å². The molecule has 9 N–H and O–H groups in total. The lowest BCUT2D eigenvalue weighted by Crippen LogP contribution is -2.68. The monoisotopic (exact) mass is 598 g/mol. The number of phenolic OH excluding ortho intramolecular Hbond substituents is 1. The first kappa shape index (κ1) is 31.0. The summed E-state index contributed by atoms with van der Waals surface area (Å²) in [6.07, 6.45) is -0.150. The van der Waals surface area contributed by atoms with Crippen molar-refractivity contribution < 1.29 is 39.9 Å². The van der Waals surface area contributed by atoms with Crippen molar-refractivity contribution in [3.8, 4) is 5.75 Å². The lowest BCUT2D eigenvalue weighted by molar-refractivity contribution is -0.162. The lowest BCUT2D eigenvalue weighted by atomic mass is 9.55. The van der Waals surface area contributed by atoms with E-state index in [-0.39, 0.29) is 28.4 Å². The minimum Gasteiger partial charge on any atom is -0.510 e. The van der Waals surface area contributed by atoms with Crippen molar-refractivity contribution in [3.63, 3.8) is 0 Å². The average molecular weight is 599 g/mol. The van der Waals surface area contributed by atoms with Gasteiger partial charge in [-0.1, -0.05) is 13.0 Å². The predicted molar refractivity (Wildman–Crippen MR) is 158 cm³/mol. The summed E-state index contributed by atoms with van der Waals surface area (Å²) in [5.74, 6) is -9.03. The number of aromatic hydroxyl groups is 1. The van der Waals surface area contributed by atoms with Crippen LogP contribution in [0.2, 0.25) is 0 Å². The Morgan fingerprint density at radius 2 is 1.65 bits per heavy atom. The largest absolute Gasteiger partial charge is 0.510 e. The van der Waals surface area contributed by atoms with E-state index < -0.39 is 75.6 Å². The van der Waals surface area contributed by atoms with Crippen LogP contribution in [0.25, 0.3) is 0 Å². The highest BCUT2D eigenvalue weighted by molar-refractivity contribution is 6.25. The predicted octanol–water partition coefficient (Wildman–Crippen LogP) is 1.37. The molecule has 5 rings (SSSR count). The van der Waals surface area contributed by atoms with Crippen molar-refractivity contribution in [1.82, 2.24) is 10.2 Å². The summed E-state index contributed by atoms with van der Waals surface area (Å²) >= 11 is 0. The normalized spacial score (nSPS) is 33.7. The maximum absolute atomic E-state index is 14.1. The van der Waals surface area contributed by atoms with Crippen LogP contribution in [0.15, 0.2) is 34.8 Å². The molecule has 12 nitrogen and oxygen atoms in total. The zero-order chi connectivity index (χ0) is 32.1. The zero-order valence-corrected chi connectivity index (χ0v) is 25.5. The first-order chi connectivity index (χ1) is 19.7. The number of phenols is 1. The molecule has 1 fully saturated rings. The Hall–Kier alpha value is -3.45. The molecule has 234 valence electrons. The summed E-state index contributed by atoms with van der Waals surface area (Å²) in [5, 5.41) is 64.5. The van der Waals surface area contributed by atoms with E-state index in [9.17, 15) is 39.9 Å². The fourth-order valence-corrected chi connectivity index (χ4v) is 8.38. The zero-order valence-electron chi connectivity index (χ0n) is 25.5. The highest BCUT2D eigenvalue weighted by Crippen LogP contribution is 2.56. The number of nitrogens with one attached hydrogen (secondary N) is 2. The van der Waals surface area contributed by atoms with Crippen LogP contribution >= 0.6 is 0 Å². The molecule has 0 bridgehead atoms. The van der Waals surface area contributed by atoms with E-state index in [2.05, 4.69) is 38.3 Å². The molecule has 3 aliphatic carbocycles. The number of piperidine rings is 1. The van der Waals surface area contributed by atoms with E-state index in [1.165, 1.54) is 19.0 Å². The molecule has 1 amide bonds. The van der Waals surface area contributed by atoms with Crippen LogP contribution in [0.3, 0.4) is 0 Å². The number of hydrogen-bond acceptors (Lipinski definition) is 11. The van der Waals surface area contributed by atoms with Gasteiger partial charge in [0.05, 0.1) is 29.3 Å². The number of ketones is 2. The average Bonchev–Trinajstić information content (AvgIpc) is 2.85. The quantitative estimate of drug-likeness (QED) is 0.184. The molecule has 0 saturated carbocycles. The first-order valence-electron chi connectivity index (χ1n) is 14.5. The molecule has 1 aromatic carbocycles. The van der Waals surface area contributed by atoms with Crippen molar-refractivity contribution >= 4 is 23.2 Å². The highest BCUT2D eigenvalue weighted by Gasteiger charge is 2.67. The number of rotatable bonds is 4. The van der Waals surface area contributed by atoms with Crippen LogP contribution in [0.4, 0.5) is 5.69 Å². The van der Waals surface area contributed by atoms with Gasteiger partial charge >= 0.3 is 0 Å². The number of aliphatic hydroxyl groups excluding tert-OH is 3. The number of benzene rings is 1. The molecule has 43 heavy (non-hydrogen) atoms. The van der Waals surface area contributed by atoms with Crippen LogP contribution in [-0.4, -0.2) is 96.9 Å². The van der Waals surface area contributed by atoms with Crippen molar-refractivity contribution in [1.29, 1.82) is 0 Å². The number of Topliss-reactive ketones (excluding diaryl/α,β-unsaturated/α-hetero) is 2. The van der Waals surface area contributed by atoms with E-state index in [0.29, 0.717) is 11.3 Å². The molecule has 0 spiro atoms. The number of carbonyl (C=O) groups excluding carboxylic acids is 3. The van der Waals surface area contributed by atoms with Gasteiger partial charge in [0.1, 0.15) is 22.8 Å². The van der Waals surface area contributed by atoms with Gasteiger partial charge in [-0.2, -0.15) is 0 Å². The molecule has 1 aliphatic heterocycles. The lowest BCUT2D eigenvalue weighted by Gasteiger charge is -2.53. The Balaban J connectivity index is 1.64. The van der Waals surface area contributed by atoms with Crippen LogP contribution in [0.5, 0.6) is 5.75 Å². The number of likely N-dealkylation sites (N-methyl/N-ethyl adjacent to an activating group) is 1. The number of carbonyl (C=O) groups is 3. The van der Waals surface area contributed by atoms with Gasteiger partial charge in [-0.05, 0) is 72.2 Å². The molecule has 12 heteroatoms. The van der Waals surface area contributed by atoms with Crippen molar-refractivity contribution in [2.45, 2.75) is 88.2 Å². The molecule has 1 heterocycles. The number of nitrogens with zero attached hydrogens (tertiary/aromatic N) is 1. The SMILES string of the molecule is C[C@@H]1c2ccc(NC3CC(C)(C)NC(C)(C)C3)c(O)c2C(=O)C2=C(O)[C@]3(O)C(=O)C(C(N)=O)=C(O)[C@@H](N(C)C)[C@@H]3[C@@H](O)[C@H]21. The van der Waals surface area contributed by atoms with Gasteiger partial charge in [-0.3, -0.25) is 19.3 Å². The summed E-state index contributed by atoms with van der Waals surface area (Å²) in [6.45, 7) is 10.1. The number of amides is 1. The van der Waals surface area contributed by atoms with Crippen molar-refractivity contribution in [3.05, 3.63) is 45.9 Å². The fraction of sp³-hybridized carbons (Fsp3) is 0.581. The summed E-state index contributed by atoms with van der Waals surface area (Å²) in [5.41, 5.74) is 1.33. The van der Waals surface area contributed by atoms with Crippen LogP contribution in [-0.2, 0) is 9.59 Å². The molecule has 0 aromatic heterocycles. The molecular weight excluding hydrogens is 556 g/mol. The molecule has 0 unspecified atom stereocenters. The number of nitrogens with two attached hydrogens (primary N) is 1. The highest BCUT2D eigenvalue weighted by atomic mass is 16.4. The minimum atomic E-state index is -2.94. The molecule has 1 aromatic rings. The minimum absolute atomic E-state index is 0.0424. The second-order valence-electron chi connectivity index (χ2n) is 14.1. The second kappa shape index (κ2) is 9.78. The van der Waals surface area contributed by atoms with E-state index >= 15 is 0 Å². The maximum Gasteiger partial charge on any atom is 0.255 e. The third kappa shape index (κ3) is 4.45. The van der Waals surface area contributed by atoms with Gasteiger partial charge in [-0.15, -0.1) is 0 Å². The molecule has 4 aliphatic rings. The summed E-state index contributed by atoms with van der Waals surface area (Å²) < 4.78 is 0. The van der Waals surface area contributed by atoms with E-state index in [4.69, 9.17) is 5.73 Å². The molecular formula is C31H42N4O8. The van der Waals surface area contributed by atoms with Gasteiger partial charge in [0.15, 0.2) is 11.4 Å². The summed E-state index contributed by atoms with van der Waals surface area (Å²) in [6, 6.07) is 2.03. The number of aliphatic hydroxyl groups is 4. The van der Waals surface area contributed by atoms with Crippen LogP contribution in [0.1, 0.15) is 69.3 Å². The van der Waals surface area contributed by atoms with Gasteiger partial charge in [0.25, 0.3) is 5.91 Å². The van der Waals surface area contributed by atoms with Crippen molar-refractivity contribution in [2.24, 2.45) is 17.6 Å². The second-order valence-corrected chi connectivity index (χ2v) is 14.1. The molecule has 6 atom stereocenters. The first-order valence-corrected chi connectivity index (χ1v) is 14.5. The summed E-state index contributed by atoms with van der Waals surface area (Å²) in [7, 11) is 3.00. The summed E-state index contributed by atoms with van der Waals surface area (Å²) in [4.78, 5) is 41.3. The Kier molecular flexibility index (Phi) is 7.05. The Morgan fingerprint density at radius 1 is 1.07 bits per heavy atom. The van der Waals surface area contributed by atoms with E-state index in [0.717, 1.165) is 12.8 Å². The maximum atomic E-state index is 14.1. The topological polar surface area (TPSA) is 206 Å². The fourth-order valence-electron chi connectivity index (χ4n) is 8.38. The van der Waals surface area contributed by atoms with Gasteiger partial charge in [-0.25, -0.2) is 0 Å². The van der Waals surface area contributed by atoms with E-state index in [1.807, 2.05) is 0 Å².